The van der Waals surface area contributed by atoms with E-state index in [1.54, 1.807) is 12.1 Å². The Morgan fingerprint density at radius 2 is 2.10 bits per heavy atom. The summed E-state index contributed by atoms with van der Waals surface area (Å²) in [7, 11) is 0. The van der Waals surface area contributed by atoms with Crippen molar-refractivity contribution in [3.63, 3.8) is 0 Å². The minimum Gasteiger partial charge on any atom is -0.508 e. The van der Waals surface area contributed by atoms with Crippen LogP contribution in [0.15, 0.2) is 24.3 Å². The largest absolute Gasteiger partial charge is 0.508 e. The van der Waals surface area contributed by atoms with Gasteiger partial charge in [0.1, 0.15) is 22.9 Å². The van der Waals surface area contributed by atoms with Gasteiger partial charge in [0.15, 0.2) is 0 Å². The zero-order valence-electron chi connectivity index (χ0n) is 12.1. The lowest BCUT2D eigenvalue weighted by Gasteiger charge is -2.27. The number of rotatable bonds is 2. The molecule has 0 spiro atoms. The van der Waals surface area contributed by atoms with Gasteiger partial charge in [0.25, 0.3) is 0 Å². The zero-order chi connectivity index (χ0) is 14.5. The van der Waals surface area contributed by atoms with E-state index >= 15 is 0 Å². The van der Waals surface area contributed by atoms with Crippen molar-refractivity contribution in [1.82, 2.24) is 0 Å². The number of phenolic OH excluding ortho intramolecular Hbond substituents is 1. The minimum atomic E-state index is -0.605. The molecule has 1 aliphatic carbocycles. The predicted molar refractivity (Wildman–Crippen MR) is 73.2 cm³/mol. The lowest BCUT2D eigenvalue weighted by molar-refractivity contribution is -0.165. The SMILES string of the molecule is CC(C)(C)OC(=O)[C@]12C[C@@H]1COC2c1ccccc1O. The van der Waals surface area contributed by atoms with Crippen molar-refractivity contribution in [3.8, 4) is 5.75 Å². The molecule has 3 rings (SSSR count). The molecule has 20 heavy (non-hydrogen) atoms. The van der Waals surface area contributed by atoms with Gasteiger partial charge in [0.05, 0.1) is 6.61 Å². The van der Waals surface area contributed by atoms with Gasteiger partial charge in [-0.3, -0.25) is 4.79 Å². The Labute approximate surface area is 118 Å². The number of para-hydroxylation sites is 1. The van der Waals surface area contributed by atoms with Crippen LogP contribution in [0, 0.1) is 11.3 Å². The fourth-order valence-electron chi connectivity index (χ4n) is 3.05. The third kappa shape index (κ3) is 1.99. The quantitative estimate of drug-likeness (QED) is 0.844. The molecule has 1 heterocycles. The predicted octanol–water partition coefficient (Wildman–Crippen LogP) is 2.81. The fourth-order valence-corrected chi connectivity index (χ4v) is 3.05. The van der Waals surface area contributed by atoms with Crippen LogP contribution in [0.4, 0.5) is 0 Å². The Balaban J connectivity index is 1.90. The summed E-state index contributed by atoms with van der Waals surface area (Å²) in [5, 5.41) is 10.0. The van der Waals surface area contributed by atoms with Crippen molar-refractivity contribution >= 4 is 5.97 Å². The van der Waals surface area contributed by atoms with E-state index in [1.165, 1.54) is 0 Å². The molecule has 1 saturated heterocycles. The molecule has 0 amide bonds. The summed E-state index contributed by atoms with van der Waals surface area (Å²) in [5.41, 5.74) is -0.435. The van der Waals surface area contributed by atoms with Gasteiger partial charge in [0, 0.05) is 11.5 Å². The molecule has 0 bridgehead atoms. The molecule has 1 N–H and O–H groups in total. The van der Waals surface area contributed by atoms with Crippen molar-refractivity contribution in [2.24, 2.45) is 11.3 Å². The Hall–Kier alpha value is -1.55. The maximum Gasteiger partial charge on any atom is 0.316 e. The average molecular weight is 276 g/mol. The molecule has 1 aromatic carbocycles. The van der Waals surface area contributed by atoms with Gasteiger partial charge in [-0.1, -0.05) is 18.2 Å². The number of fused-ring (bicyclic) bond motifs is 1. The van der Waals surface area contributed by atoms with Gasteiger partial charge >= 0.3 is 5.97 Å². The number of carbonyl (C=O) groups excluding carboxylic acids is 1. The number of esters is 1. The molecular formula is C16H20O4. The Bertz CT molecular complexity index is 546. The van der Waals surface area contributed by atoms with Gasteiger partial charge in [-0.25, -0.2) is 0 Å². The van der Waals surface area contributed by atoms with Crippen molar-refractivity contribution < 1.29 is 19.4 Å². The first-order chi connectivity index (χ1) is 9.34. The smallest absolute Gasteiger partial charge is 0.316 e. The van der Waals surface area contributed by atoms with E-state index < -0.39 is 17.1 Å². The Morgan fingerprint density at radius 3 is 2.70 bits per heavy atom. The fraction of sp³-hybridized carbons (Fsp3) is 0.562. The first-order valence-corrected chi connectivity index (χ1v) is 6.97. The second kappa shape index (κ2) is 4.22. The summed E-state index contributed by atoms with van der Waals surface area (Å²) in [6.07, 6.45) is 0.379. The van der Waals surface area contributed by atoms with Crippen molar-refractivity contribution in [1.29, 1.82) is 0 Å². The van der Waals surface area contributed by atoms with Crippen LogP contribution in [0.25, 0.3) is 0 Å². The summed E-state index contributed by atoms with van der Waals surface area (Å²) in [6, 6.07) is 7.04. The van der Waals surface area contributed by atoms with E-state index in [2.05, 4.69) is 0 Å². The molecule has 1 saturated carbocycles. The second-order valence-electron chi connectivity index (χ2n) is 6.72. The molecule has 1 unspecified atom stereocenters. The normalized spacial score (nSPS) is 31.8. The topological polar surface area (TPSA) is 55.8 Å². The minimum absolute atomic E-state index is 0.174. The molecular weight excluding hydrogens is 256 g/mol. The highest BCUT2D eigenvalue weighted by Crippen LogP contribution is 2.67. The van der Waals surface area contributed by atoms with Gasteiger partial charge in [-0.15, -0.1) is 0 Å². The third-order valence-corrected chi connectivity index (χ3v) is 4.08. The molecule has 0 radical (unpaired) electrons. The van der Waals surface area contributed by atoms with Gasteiger partial charge in [-0.2, -0.15) is 0 Å². The molecule has 0 aromatic heterocycles. The molecule has 1 aromatic rings. The highest BCUT2D eigenvalue weighted by atomic mass is 16.6. The summed E-state index contributed by atoms with van der Waals surface area (Å²) in [5.74, 6) is 0.177. The summed E-state index contributed by atoms with van der Waals surface area (Å²) >= 11 is 0. The summed E-state index contributed by atoms with van der Waals surface area (Å²) < 4.78 is 11.3. The Kier molecular flexibility index (Phi) is 2.83. The van der Waals surface area contributed by atoms with Crippen LogP contribution in [-0.2, 0) is 14.3 Å². The number of hydrogen-bond acceptors (Lipinski definition) is 4. The van der Waals surface area contributed by atoms with Crippen LogP contribution in [0.2, 0.25) is 0 Å². The standard InChI is InChI=1S/C16H20O4/c1-15(2,3)20-14(18)16-8-10(16)9-19-13(16)11-6-4-5-7-12(11)17/h4-7,10,13,17H,8-9H2,1-3H3/t10-,13?,16-/m1/s1. The molecule has 3 atom stereocenters. The average Bonchev–Trinajstić information content (AvgIpc) is 2.97. The van der Waals surface area contributed by atoms with Crippen LogP contribution < -0.4 is 0 Å². The lowest BCUT2D eigenvalue weighted by atomic mass is 9.91. The molecule has 108 valence electrons. The molecule has 2 aliphatic rings. The highest BCUT2D eigenvalue weighted by molar-refractivity contribution is 5.83. The summed E-state index contributed by atoms with van der Waals surface area (Å²) in [6.45, 7) is 6.15. The van der Waals surface area contributed by atoms with Gasteiger partial charge in [0.2, 0.25) is 0 Å². The third-order valence-electron chi connectivity index (χ3n) is 4.08. The van der Waals surface area contributed by atoms with Gasteiger partial charge in [-0.05, 0) is 33.3 Å². The van der Waals surface area contributed by atoms with E-state index in [-0.39, 0.29) is 17.6 Å². The van der Waals surface area contributed by atoms with Crippen LogP contribution in [0.5, 0.6) is 5.75 Å². The monoisotopic (exact) mass is 276 g/mol. The number of hydrogen-bond donors (Lipinski definition) is 1. The molecule has 2 fully saturated rings. The number of benzene rings is 1. The van der Waals surface area contributed by atoms with Crippen LogP contribution in [-0.4, -0.2) is 23.3 Å². The van der Waals surface area contributed by atoms with E-state index in [9.17, 15) is 9.90 Å². The number of carbonyl (C=O) groups is 1. The first kappa shape index (κ1) is 13.4. The number of aromatic hydroxyl groups is 1. The second-order valence-corrected chi connectivity index (χ2v) is 6.72. The Morgan fingerprint density at radius 1 is 1.40 bits per heavy atom. The molecule has 1 aliphatic heterocycles. The highest BCUT2D eigenvalue weighted by Gasteiger charge is 2.71. The maximum absolute atomic E-state index is 12.5. The maximum atomic E-state index is 12.5. The van der Waals surface area contributed by atoms with Crippen molar-refractivity contribution in [3.05, 3.63) is 29.8 Å². The molecule has 4 nitrogen and oxygen atoms in total. The van der Waals surface area contributed by atoms with Crippen LogP contribution >= 0.6 is 0 Å². The zero-order valence-corrected chi connectivity index (χ0v) is 12.1. The van der Waals surface area contributed by atoms with Crippen molar-refractivity contribution in [2.75, 3.05) is 6.61 Å². The van der Waals surface area contributed by atoms with E-state index in [1.807, 2.05) is 32.9 Å². The number of ether oxygens (including phenoxy) is 2. The van der Waals surface area contributed by atoms with E-state index in [0.29, 0.717) is 12.2 Å². The first-order valence-electron chi connectivity index (χ1n) is 6.97. The van der Waals surface area contributed by atoms with E-state index in [0.717, 1.165) is 6.42 Å². The van der Waals surface area contributed by atoms with Crippen LogP contribution in [0.1, 0.15) is 38.9 Å². The summed E-state index contributed by atoms with van der Waals surface area (Å²) in [4.78, 5) is 12.5. The molecule has 4 heteroatoms. The number of phenols is 1. The van der Waals surface area contributed by atoms with E-state index in [4.69, 9.17) is 9.47 Å². The lowest BCUT2D eigenvalue weighted by Crippen LogP contribution is -2.33. The van der Waals surface area contributed by atoms with Crippen molar-refractivity contribution in [2.45, 2.75) is 38.9 Å². The van der Waals surface area contributed by atoms with Gasteiger partial charge < -0.3 is 14.6 Å². The van der Waals surface area contributed by atoms with Crippen LogP contribution in [0.3, 0.4) is 0 Å².